The van der Waals surface area contributed by atoms with Crippen molar-refractivity contribution in [3.8, 4) is 0 Å². The summed E-state index contributed by atoms with van der Waals surface area (Å²) in [5.41, 5.74) is 5.67. The Morgan fingerprint density at radius 3 is 1.22 bits per heavy atom. The molecule has 0 saturated carbocycles. The minimum absolute atomic E-state index is 0.749. The predicted molar refractivity (Wildman–Crippen MR) is 96.9 cm³/mol. The van der Waals surface area contributed by atoms with Gasteiger partial charge in [-0.1, -0.05) is 0 Å². The van der Waals surface area contributed by atoms with Crippen LogP contribution in [-0.2, 0) is 0 Å². The first-order chi connectivity index (χ1) is 12.0. The lowest BCUT2D eigenvalue weighted by Crippen LogP contribution is -2.44. The second-order valence-electron chi connectivity index (χ2n) is 6.96. The van der Waals surface area contributed by atoms with E-state index in [1.807, 2.05) is 0 Å². The molecule has 0 aromatic heterocycles. The summed E-state index contributed by atoms with van der Waals surface area (Å²) in [7, 11) is 11.2. The number of rotatable bonds is 8. The minimum Gasteiger partial charge on any atom is -0.356 e. The second-order valence-corrected chi connectivity index (χ2v) is 6.96. The lowest BCUT2D eigenvalue weighted by atomic mass is 10.1. The molecule has 0 unspecified atom stereocenters. The van der Waals surface area contributed by atoms with Crippen molar-refractivity contribution in [2.24, 2.45) is 5.73 Å². The van der Waals surface area contributed by atoms with Crippen molar-refractivity contribution in [1.82, 2.24) is 0 Å². The molecule has 0 aliphatic rings. The Morgan fingerprint density at radius 1 is 0.741 bits per heavy atom. The molecule has 0 aliphatic carbocycles. The van der Waals surface area contributed by atoms with Gasteiger partial charge in [0.1, 0.15) is 6.67 Å². The monoisotopic (exact) mass is 404 g/mol. The molecule has 0 amide bonds. The van der Waals surface area contributed by atoms with E-state index in [2.05, 4.69) is 35.2 Å². The van der Waals surface area contributed by atoms with Crippen molar-refractivity contribution in [3.63, 3.8) is 0 Å². The zero-order valence-corrected chi connectivity index (χ0v) is 16.5. The van der Waals surface area contributed by atoms with Crippen LogP contribution in [-0.4, -0.2) is 84.4 Å². The number of nitrogens with zero attached hydrogens (tertiary/aromatic N) is 5. The maximum absolute atomic E-state index is 8.36. The van der Waals surface area contributed by atoms with Crippen LogP contribution < -0.4 is 5.73 Å². The average Bonchev–Trinajstić information content (AvgIpc) is 2.39. The van der Waals surface area contributed by atoms with Crippen molar-refractivity contribution in [2.45, 2.75) is 25.7 Å². The zero-order chi connectivity index (χ0) is 22.7. The molecule has 0 atom stereocenters. The van der Waals surface area contributed by atoms with Gasteiger partial charge in [0.05, 0.1) is 58.5 Å². The van der Waals surface area contributed by atoms with E-state index in [0.29, 0.717) is 0 Å². The van der Waals surface area contributed by atoms with Crippen LogP contribution in [0.2, 0.25) is 0 Å². The largest absolute Gasteiger partial charge is 0.356 e. The van der Waals surface area contributed by atoms with Crippen LogP contribution in [0.5, 0.6) is 0 Å². The predicted octanol–water partition coefficient (Wildman–Crippen LogP) is 0.420. The quantitative estimate of drug-likeness (QED) is 0.186. The molecule has 0 heterocycles. The van der Waals surface area contributed by atoms with E-state index in [1.54, 1.807) is 0 Å². The molecule has 0 fully saturated rings. The summed E-state index contributed by atoms with van der Waals surface area (Å²) < 4.78 is 2.04. The van der Waals surface area contributed by atoms with Gasteiger partial charge in [0.25, 0.3) is 5.09 Å². The summed E-state index contributed by atoms with van der Waals surface area (Å²) in [5.74, 6) is 0. The van der Waals surface area contributed by atoms with E-state index in [-0.39, 0.29) is 0 Å². The molecule has 0 aromatic rings. The topological polar surface area (TPSA) is 222 Å². The molecule has 0 spiro atoms. The minimum atomic E-state index is -1.75. The smallest absolute Gasteiger partial charge is 0.291 e. The summed E-state index contributed by atoms with van der Waals surface area (Å²) in [6.45, 7) is 3.24. The van der Waals surface area contributed by atoms with Gasteiger partial charge in [-0.25, -0.2) is 0 Å². The van der Waals surface area contributed by atoms with Gasteiger partial charge in [-0.15, -0.1) is 10.1 Å². The highest BCUT2D eigenvalue weighted by Crippen LogP contribution is 2.06. The van der Waals surface area contributed by atoms with Crippen molar-refractivity contribution in [2.75, 3.05) is 55.0 Å². The lowest BCUT2D eigenvalue weighted by Gasteiger charge is -2.27. The Labute approximate surface area is 157 Å². The SMILES string of the molecule is C[N+](C)(C)CCCCCC[N+](C)(C)CN.O=[N+]([O-])O.O=[N+]([O-])[O-].O=[N+]([O-])[O-]. The van der Waals surface area contributed by atoms with Gasteiger partial charge >= 0.3 is 0 Å². The molecule has 0 rings (SSSR count). The molecule has 0 saturated heterocycles. The van der Waals surface area contributed by atoms with Crippen LogP contribution in [0.25, 0.3) is 0 Å². The van der Waals surface area contributed by atoms with Gasteiger partial charge < -0.3 is 44.8 Å². The van der Waals surface area contributed by atoms with Gasteiger partial charge in [0.2, 0.25) is 0 Å². The van der Waals surface area contributed by atoms with E-state index >= 15 is 0 Å². The van der Waals surface area contributed by atoms with Crippen LogP contribution in [0.15, 0.2) is 0 Å². The molecule has 0 aromatic carbocycles. The molecule has 0 bridgehead atoms. The molecule has 15 nitrogen and oxygen atoms in total. The van der Waals surface area contributed by atoms with E-state index < -0.39 is 15.3 Å². The van der Waals surface area contributed by atoms with E-state index in [4.69, 9.17) is 51.7 Å². The number of unbranched alkanes of at least 4 members (excludes halogenated alkanes) is 3. The summed E-state index contributed by atoms with van der Waals surface area (Å²) >= 11 is 0. The Bertz CT molecular complexity index is 361. The van der Waals surface area contributed by atoms with E-state index in [1.165, 1.54) is 38.8 Å². The number of nitrogens with two attached hydrogens (primary N) is 1. The molecular formula is C12H32N6O9. The van der Waals surface area contributed by atoms with Gasteiger partial charge in [-0.3, -0.25) is 5.73 Å². The van der Waals surface area contributed by atoms with Gasteiger partial charge in [0.15, 0.2) is 0 Å². The summed E-state index contributed by atoms with van der Waals surface area (Å²) in [6.07, 6.45) is 5.36. The van der Waals surface area contributed by atoms with Crippen LogP contribution in [0, 0.1) is 40.8 Å². The van der Waals surface area contributed by atoms with Crippen molar-refractivity contribution in [1.29, 1.82) is 0 Å². The second kappa shape index (κ2) is 18.3. The first-order valence-corrected chi connectivity index (χ1v) is 7.75. The van der Waals surface area contributed by atoms with Crippen LogP contribution in [0.4, 0.5) is 0 Å². The first kappa shape index (κ1) is 32.2. The van der Waals surface area contributed by atoms with Crippen molar-refractivity contribution >= 4 is 0 Å². The molecule has 164 valence electrons. The van der Waals surface area contributed by atoms with Gasteiger partial charge in [0, 0.05) is 0 Å². The van der Waals surface area contributed by atoms with Crippen LogP contribution in [0.1, 0.15) is 25.7 Å². The third kappa shape index (κ3) is 82.2. The van der Waals surface area contributed by atoms with Crippen molar-refractivity contribution < 1.29 is 29.4 Å². The highest BCUT2D eigenvalue weighted by molar-refractivity contribution is 4.43. The fourth-order valence-corrected chi connectivity index (χ4v) is 1.57. The van der Waals surface area contributed by atoms with Gasteiger partial charge in [-0.05, 0) is 25.7 Å². The average molecular weight is 404 g/mol. The number of quaternary nitrogens is 2. The highest BCUT2D eigenvalue weighted by Gasteiger charge is 2.11. The summed E-state index contributed by atoms with van der Waals surface area (Å²) in [4.78, 5) is 24.9. The summed E-state index contributed by atoms with van der Waals surface area (Å²) in [5, 5.41) is 43.1. The molecular weight excluding hydrogens is 372 g/mol. The fraction of sp³-hybridized carbons (Fsp3) is 1.00. The number of hydrogen-bond donors (Lipinski definition) is 2. The maximum atomic E-state index is 8.36. The Balaban J connectivity index is -0.000000179. The van der Waals surface area contributed by atoms with Crippen LogP contribution in [0.3, 0.4) is 0 Å². The zero-order valence-electron chi connectivity index (χ0n) is 16.5. The maximum Gasteiger partial charge on any atom is 0.291 e. The standard InChI is InChI=1S/C12H31N3.HNO3.2NO3/c1-14(2,3)10-8-6-7-9-11-15(4,5)12-13;3*2-1(3)4/h6-13H2,1-5H3;(H,2,3,4);;/q+2;;2*-1. The van der Waals surface area contributed by atoms with Crippen LogP contribution >= 0.6 is 0 Å². The molecule has 0 aliphatic heterocycles. The lowest BCUT2D eigenvalue weighted by molar-refractivity contribution is -0.890. The number of hydrogen-bond acceptors (Lipinski definition) is 9. The molecule has 27 heavy (non-hydrogen) atoms. The third-order valence-electron chi connectivity index (χ3n) is 2.84. The summed E-state index contributed by atoms with van der Waals surface area (Å²) in [6, 6.07) is 0. The normalized spacial score (nSPS) is 10.0. The molecule has 3 N–H and O–H groups in total. The molecule has 15 heteroatoms. The van der Waals surface area contributed by atoms with E-state index in [9.17, 15) is 0 Å². The Kier molecular flexibility index (Phi) is 21.8. The Morgan fingerprint density at radius 2 is 1.00 bits per heavy atom. The van der Waals surface area contributed by atoms with E-state index in [0.717, 1.165) is 15.6 Å². The third-order valence-corrected chi connectivity index (χ3v) is 2.84. The fourth-order valence-electron chi connectivity index (χ4n) is 1.57. The van der Waals surface area contributed by atoms with Crippen molar-refractivity contribution in [3.05, 3.63) is 40.8 Å². The first-order valence-electron chi connectivity index (χ1n) is 7.75. The molecule has 0 radical (unpaired) electrons. The Hall–Kier alpha value is -2.52. The van der Waals surface area contributed by atoms with Gasteiger partial charge in [-0.2, -0.15) is 0 Å². The highest BCUT2D eigenvalue weighted by atomic mass is 16.9.